The fraction of sp³-hybridized carbons (Fsp3) is 0.125. The van der Waals surface area contributed by atoms with Gasteiger partial charge in [-0.05, 0) is 28.1 Å². The number of benzene rings is 1. The molecule has 13 heavy (non-hydrogen) atoms. The molecular weight excluding hydrogens is 240 g/mol. The van der Waals surface area contributed by atoms with E-state index in [1.807, 2.05) is 0 Å². The van der Waals surface area contributed by atoms with Gasteiger partial charge in [-0.1, -0.05) is 0 Å². The van der Waals surface area contributed by atoms with E-state index < -0.39 is 5.97 Å². The summed E-state index contributed by atoms with van der Waals surface area (Å²) in [5.74, 6) is -0.619. The van der Waals surface area contributed by atoms with Gasteiger partial charge in [-0.2, -0.15) is 0 Å². The van der Waals surface area contributed by atoms with Crippen molar-refractivity contribution in [3.8, 4) is 11.5 Å². The van der Waals surface area contributed by atoms with Crippen LogP contribution in [-0.4, -0.2) is 12.8 Å². The van der Waals surface area contributed by atoms with Gasteiger partial charge in [0.25, 0.3) is 0 Å². The summed E-state index contributed by atoms with van der Waals surface area (Å²) in [6.45, 7) is 0.0477. The van der Waals surface area contributed by atoms with Crippen LogP contribution in [0.3, 0.4) is 0 Å². The number of fused-ring (bicyclic) bond motifs is 1. The van der Waals surface area contributed by atoms with Gasteiger partial charge < -0.3 is 19.4 Å². The highest BCUT2D eigenvalue weighted by molar-refractivity contribution is 9.10. The number of hydrogen-bond donors (Lipinski definition) is 0. The van der Waals surface area contributed by atoms with Crippen LogP contribution in [0.2, 0.25) is 0 Å². The Labute approximate surface area is 82.2 Å². The fourth-order valence-corrected chi connectivity index (χ4v) is 1.61. The molecule has 0 aliphatic carbocycles. The predicted molar refractivity (Wildman–Crippen MR) is 44.6 cm³/mol. The smallest absolute Gasteiger partial charge is 0.231 e. The molecule has 0 bridgehead atoms. The van der Waals surface area contributed by atoms with Crippen molar-refractivity contribution >= 4 is 21.9 Å². The van der Waals surface area contributed by atoms with Gasteiger partial charge in [0.2, 0.25) is 6.79 Å². The van der Waals surface area contributed by atoms with Crippen LogP contribution in [0.5, 0.6) is 11.5 Å². The molecule has 0 spiro atoms. The van der Waals surface area contributed by atoms with E-state index in [-0.39, 0.29) is 18.1 Å². The Morgan fingerprint density at radius 2 is 2.23 bits per heavy atom. The van der Waals surface area contributed by atoms with Gasteiger partial charge in [0.05, 0.1) is 11.5 Å². The van der Waals surface area contributed by atoms with Crippen LogP contribution in [0.25, 0.3) is 0 Å². The first kappa shape index (κ1) is 8.37. The number of carbonyl (C=O) groups is 1. The number of carboxylic acids is 1. The second kappa shape index (κ2) is 2.92. The molecule has 0 saturated carbocycles. The SMILES string of the molecule is O=C([O-])c1c(Br)ccc2c1OCO2. The molecule has 5 heteroatoms. The number of rotatable bonds is 1. The maximum atomic E-state index is 10.7. The van der Waals surface area contributed by atoms with E-state index in [0.717, 1.165) is 0 Å². The monoisotopic (exact) mass is 243 g/mol. The zero-order valence-corrected chi connectivity index (χ0v) is 7.96. The molecule has 1 aliphatic heterocycles. The minimum Gasteiger partial charge on any atom is -0.545 e. The van der Waals surface area contributed by atoms with E-state index in [1.165, 1.54) is 0 Å². The van der Waals surface area contributed by atoms with Crippen LogP contribution >= 0.6 is 15.9 Å². The largest absolute Gasteiger partial charge is 0.545 e. The van der Waals surface area contributed by atoms with E-state index in [4.69, 9.17) is 9.47 Å². The molecule has 0 unspecified atom stereocenters. The van der Waals surface area contributed by atoms with Gasteiger partial charge in [0, 0.05) is 4.47 Å². The predicted octanol–water partition coefficient (Wildman–Crippen LogP) is 0.541. The number of hydrogen-bond acceptors (Lipinski definition) is 4. The third-order valence-electron chi connectivity index (χ3n) is 1.69. The first-order valence-corrected chi connectivity index (χ1v) is 4.29. The van der Waals surface area contributed by atoms with Crippen molar-refractivity contribution in [1.29, 1.82) is 0 Å². The average Bonchev–Trinajstić information content (AvgIpc) is 2.50. The molecular formula is C8H4BrO4-. The first-order valence-electron chi connectivity index (χ1n) is 3.49. The summed E-state index contributed by atoms with van der Waals surface area (Å²) in [4.78, 5) is 10.7. The van der Waals surface area contributed by atoms with Crippen molar-refractivity contribution in [3.63, 3.8) is 0 Å². The number of aromatic carboxylic acids is 1. The summed E-state index contributed by atoms with van der Waals surface area (Å²) in [6, 6.07) is 3.22. The van der Waals surface area contributed by atoms with Crippen molar-refractivity contribution < 1.29 is 19.4 Å². The Bertz CT molecular complexity index is 375. The minimum atomic E-state index is -1.28. The number of carbonyl (C=O) groups excluding carboxylic acids is 1. The van der Waals surface area contributed by atoms with Gasteiger partial charge in [-0.25, -0.2) is 0 Å². The zero-order chi connectivity index (χ0) is 9.42. The average molecular weight is 244 g/mol. The summed E-state index contributed by atoms with van der Waals surface area (Å²) < 4.78 is 10.4. The molecule has 0 fully saturated rings. The molecule has 1 aromatic rings. The van der Waals surface area contributed by atoms with Crippen LogP contribution in [0.15, 0.2) is 16.6 Å². The fourth-order valence-electron chi connectivity index (χ4n) is 1.14. The number of halogens is 1. The summed E-state index contributed by atoms with van der Waals surface area (Å²) in [7, 11) is 0. The Hall–Kier alpha value is -1.23. The summed E-state index contributed by atoms with van der Waals surface area (Å²) in [5.41, 5.74) is -0.00463. The Morgan fingerprint density at radius 1 is 1.46 bits per heavy atom. The maximum absolute atomic E-state index is 10.7. The normalized spacial score (nSPS) is 13.0. The van der Waals surface area contributed by atoms with Crippen molar-refractivity contribution in [2.45, 2.75) is 0 Å². The number of carboxylic acid groups (broad SMARTS) is 1. The van der Waals surface area contributed by atoms with Crippen LogP contribution in [0, 0.1) is 0 Å². The second-order valence-corrected chi connectivity index (χ2v) is 3.30. The quantitative estimate of drug-likeness (QED) is 0.723. The Morgan fingerprint density at radius 3 is 2.92 bits per heavy atom. The van der Waals surface area contributed by atoms with Crippen LogP contribution < -0.4 is 14.6 Å². The molecule has 0 atom stereocenters. The minimum absolute atomic E-state index is 0.00463. The molecule has 0 amide bonds. The van der Waals surface area contributed by atoms with Gasteiger partial charge in [0.1, 0.15) is 0 Å². The van der Waals surface area contributed by atoms with Gasteiger partial charge >= 0.3 is 0 Å². The summed E-state index contributed by atoms with van der Waals surface area (Å²) >= 11 is 3.09. The van der Waals surface area contributed by atoms with Crippen molar-refractivity contribution in [1.82, 2.24) is 0 Å². The maximum Gasteiger partial charge on any atom is 0.231 e. The van der Waals surface area contributed by atoms with E-state index in [9.17, 15) is 9.90 Å². The highest BCUT2D eigenvalue weighted by Crippen LogP contribution is 2.38. The Kier molecular flexibility index (Phi) is 1.88. The van der Waals surface area contributed by atoms with Gasteiger partial charge in [0.15, 0.2) is 11.5 Å². The lowest BCUT2D eigenvalue weighted by Gasteiger charge is -2.08. The molecule has 4 nitrogen and oxygen atoms in total. The van der Waals surface area contributed by atoms with E-state index in [2.05, 4.69) is 15.9 Å². The van der Waals surface area contributed by atoms with E-state index in [1.54, 1.807) is 12.1 Å². The topological polar surface area (TPSA) is 58.6 Å². The van der Waals surface area contributed by atoms with Gasteiger partial charge in [-0.3, -0.25) is 0 Å². The zero-order valence-electron chi connectivity index (χ0n) is 6.37. The lowest BCUT2D eigenvalue weighted by molar-refractivity contribution is -0.255. The third kappa shape index (κ3) is 1.25. The molecule has 1 aromatic carbocycles. The second-order valence-electron chi connectivity index (χ2n) is 2.44. The molecule has 1 heterocycles. The molecule has 0 aromatic heterocycles. The van der Waals surface area contributed by atoms with Crippen molar-refractivity contribution in [2.75, 3.05) is 6.79 Å². The molecule has 0 saturated heterocycles. The third-order valence-corrected chi connectivity index (χ3v) is 2.35. The van der Waals surface area contributed by atoms with Crippen LogP contribution in [0.1, 0.15) is 10.4 Å². The summed E-state index contributed by atoms with van der Waals surface area (Å²) in [6.07, 6.45) is 0. The number of ether oxygens (including phenoxy) is 2. The standard InChI is InChI=1S/C8H5BrO4/c9-4-1-2-5-7(13-3-12-5)6(4)8(10)11/h1-2H,3H2,(H,10,11)/p-1. The molecule has 0 N–H and O–H groups in total. The first-order chi connectivity index (χ1) is 6.20. The van der Waals surface area contributed by atoms with Gasteiger partial charge in [-0.15, -0.1) is 0 Å². The molecule has 68 valence electrons. The lowest BCUT2D eigenvalue weighted by Crippen LogP contribution is -2.23. The van der Waals surface area contributed by atoms with Crippen LogP contribution in [-0.2, 0) is 0 Å². The lowest BCUT2D eigenvalue weighted by atomic mass is 10.2. The Balaban J connectivity index is 2.65. The molecule has 1 aliphatic rings. The molecule has 2 rings (SSSR count). The van der Waals surface area contributed by atoms with Crippen molar-refractivity contribution in [3.05, 3.63) is 22.2 Å². The van der Waals surface area contributed by atoms with Crippen molar-refractivity contribution in [2.24, 2.45) is 0 Å². The van der Waals surface area contributed by atoms with E-state index in [0.29, 0.717) is 10.2 Å². The van der Waals surface area contributed by atoms with Crippen LogP contribution in [0.4, 0.5) is 0 Å². The highest BCUT2D eigenvalue weighted by Gasteiger charge is 2.20. The molecule has 0 radical (unpaired) electrons. The highest BCUT2D eigenvalue weighted by atomic mass is 79.9. The van der Waals surface area contributed by atoms with E-state index >= 15 is 0 Å². The summed E-state index contributed by atoms with van der Waals surface area (Å²) in [5, 5.41) is 10.7.